The number of nitrogens with one attached hydrogen (secondary N) is 1. The maximum absolute atomic E-state index is 13.0. The van der Waals surface area contributed by atoms with Crippen LogP contribution in [0.1, 0.15) is 23.2 Å². The van der Waals surface area contributed by atoms with Crippen LogP contribution in [0.5, 0.6) is 5.75 Å². The summed E-state index contributed by atoms with van der Waals surface area (Å²) in [5.41, 5.74) is -0.318. The first-order chi connectivity index (χ1) is 10.1. The lowest BCUT2D eigenvalue weighted by molar-refractivity contribution is -0.123. The smallest absolute Gasteiger partial charge is 0.339 e. The van der Waals surface area contributed by atoms with Gasteiger partial charge in [-0.05, 0) is 31.0 Å². The van der Waals surface area contributed by atoms with E-state index in [1.807, 2.05) is 0 Å². The summed E-state index contributed by atoms with van der Waals surface area (Å²) in [6, 6.07) is 3.11. The van der Waals surface area contributed by atoms with E-state index in [1.54, 1.807) is 0 Å². The van der Waals surface area contributed by atoms with Crippen LogP contribution < -0.4 is 10.1 Å². The van der Waals surface area contributed by atoms with Crippen LogP contribution in [0.2, 0.25) is 0 Å². The van der Waals surface area contributed by atoms with Crippen molar-refractivity contribution in [3.8, 4) is 5.75 Å². The van der Waals surface area contributed by atoms with Crippen LogP contribution in [-0.4, -0.2) is 42.8 Å². The van der Waals surface area contributed by atoms with Gasteiger partial charge in [-0.15, -0.1) is 0 Å². The normalized spacial score (nSPS) is 17.5. The van der Waals surface area contributed by atoms with E-state index in [9.17, 15) is 14.0 Å². The van der Waals surface area contributed by atoms with Gasteiger partial charge < -0.3 is 19.9 Å². The second-order valence-electron chi connectivity index (χ2n) is 4.67. The Morgan fingerprint density at radius 3 is 2.95 bits per heavy atom. The second kappa shape index (κ2) is 7.03. The highest BCUT2D eigenvalue weighted by Gasteiger charge is 2.17. The van der Waals surface area contributed by atoms with E-state index >= 15 is 0 Å². The largest absolute Gasteiger partial charge is 0.483 e. The van der Waals surface area contributed by atoms with Crippen molar-refractivity contribution in [2.75, 3.05) is 19.8 Å². The molecule has 21 heavy (non-hydrogen) atoms. The molecule has 114 valence electrons. The zero-order chi connectivity index (χ0) is 15.2. The molecule has 1 heterocycles. The van der Waals surface area contributed by atoms with Gasteiger partial charge in [0, 0.05) is 13.2 Å². The summed E-state index contributed by atoms with van der Waals surface area (Å²) in [7, 11) is 0. The summed E-state index contributed by atoms with van der Waals surface area (Å²) in [5.74, 6) is -2.42. The summed E-state index contributed by atoms with van der Waals surface area (Å²) in [4.78, 5) is 22.6. The standard InChI is InChI=1S/C14H16FNO5/c15-9-3-4-12(11(6-9)14(18)19)21-8-13(17)16-7-10-2-1-5-20-10/h3-4,6,10H,1-2,5,7-8H2,(H,16,17)(H,18,19). The van der Waals surface area contributed by atoms with Crippen molar-refractivity contribution < 1.29 is 28.6 Å². The van der Waals surface area contributed by atoms with E-state index in [4.69, 9.17) is 14.6 Å². The number of carboxylic acid groups (broad SMARTS) is 1. The van der Waals surface area contributed by atoms with Crippen molar-refractivity contribution in [3.05, 3.63) is 29.6 Å². The van der Waals surface area contributed by atoms with E-state index in [2.05, 4.69) is 5.32 Å². The molecule has 1 fully saturated rings. The van der Waals surface area contributed by atoms with Crippen molar-refractivity contribution in [3.63, 3.8) is 0 Å². The fraction of sp³-hybridized carbons (Fsp3) is 0.429. The number of carboxylic acids is 1. The molecule has 0 spiro atoms. The van der Waals surface area contributed by atoms with Crippen LogP contribution in [0.25, 0.3) is 0 Å². The Bertz CT molecular complexity index is 528. The van der Waals surface area contributed by atoms with Crippen molar-refractivity contribution in [2.24, 2.45) is 0 Å². The molecule has 0 bridgehead atoms. The predicted octanol–water partition coefficient (Wildman–Crippen LogP) is 1.20. The molecule has 2 rings (SSSR count). The monoisotopic (exact) mass is 297 g/mol. The number of rotatable bonds is 6. The molecule has 0 saturated carbocycles. The number of benzene rings is 1. The highest BCUT2D eigenvalue weighted by atomic mass is 19.1. The average Bonchev–Trinajstić information content (AvgIpc) is 2.97. The summed E-state index contributed by atoms with van der Waals surface area (Å²) in [6.45, 7) is 0.768. The molecule has 1 aliphatic rings. The van der Waals surface area contributed by atoms with Gasteiger partial charge in [0.1, 0.15) is 17.1 Å². The lowest BCUT2D eigenvalue weighted by Gasteiger charge is -2.12. The molecule has 1 unspecified atom stereocenters. The number of carbonyl (C=O) groups excluding carboxylic acids is 1. The Hall–Kier alpha value is -2.15. The molecule has 0 radical (unpaired) electrons. The highest BCUT2D eigenvalue weighted by molar-refractivity contribution is 5.91. The number of ether oxygens (including phenoxy) is 2. The third-order valence-corrected chi connectivity index (χ3v) is 3.08. The number of amides is 1. The van der Waals surface area contributed by atoms with E-state index in [0.29, 0.717) is 13.2 Å². The number of hydrogen-bond donors (Lipinski definition) is 2. The Morgan fingerprint density at radius 2 is 2.29 bits per heavy atom. The summed E-state index contributed by atoms with van der Waals surface area (Å²) in [6.07, 6.45) is 1.91. The van der Waals surface area contributed by atoms with Gasteiger partial charge in [-0.1, -0.05) is 0 Å². The lowest BCUT2D eigenvalue weighted by Crippen LogP contribution is -2.35. The van der Waals surface area contributed by atoms with E-state index in [0.717, 1.165) is 25.0 Å². The Labute approximate surface area is 120 Å². The topological polar surface area (TPSA) is 84.9 Å². The molecule has 0 aromatic heterocycles. The zero-order valence-electron chi connectivity index (χ0n) is 11.3. The van der Waals surface area contributed by atoms with E-state index in [1.165, 1.54) is 6.07 Å². The third-order valence-electron chi connectivity index (χ3n) is 3.08. The van der Waals surface area contributed by atoms with Crippen LogP contribution in [-0.2, 0) is 9.53 Å². The molecule has 7 heteroatoms. The van der Waals surface area contributed by atoms with Crippen LogP contribution >= 0.6 is 0 Å². The van der Waals surface area contributed by atoms with Gasteiger partial charge in [0.05, 0.1) is 6.10 Å². The zero-order valence-corrected chi connectivity index (χ0v) is 11.3. The summed E-state index contributed by atoms with van der Waals surface area (Å²) in [5, 5.41) is 11.6. The summed E-state index contributed by atoms with van der Waals surface area (Å²) >= 11 is 0. The Balaban J connectivity index is 1.84. The SMILES string of the molecule is O=C(COc1ccc(F)cc1C(=O)O)NCC1CCCO1. The van der Waals surface area contributed by atoms with Crippen molar-refractivity contribution in [1.29, 1.82) is 0 Å². The van der Waals surface area contributed by atoms with Gasteiger partial charge in [-0.3, -0.25) is 4.79 Å². The molecular weight excluding hydrogens is 281 g/mol. The van der Waals surface area contributed by atoms with Gasteiger partial charge in [-0.25, -0.2) is 9.18 Å². The van der Waals surface area contributed by atoms with Gasteiger partial charge in [0.15, 0.2) is 6.61 Å². The highest BCUT2D eigenvalue weighted by Crippen LogP contribution is 2.19. The molecule has 0 aliphatic carbocycles. The number of aromatic carboxylic acids is 1. The van der Waals surface area contributed by atoms with E-state index in [-0.39, 0.29) is 29.9 Å². The second-order valence-corrected chi connectivity index (χ2v) is 4.67. The molecule has 1 aromatic carbocycles. The quantitative estimate of drug-likeness (QED) is 0.824. The average molecular weight is 297 g/mol. The first kappa shape index (κ1) is 15.2. The number of hydrogen-bond acceptors (Lipinski definition) is 4. The van der Waals surface area contributed by atoms with Crippen LogP contribution in [0.4, 0.5) is 4.39 Å². The fourth-order valence-electron chi connectivity index (χ4n) is 2.02. The van der Waals surface area contributed by atoms with Crippen LogP contribution in [0.3, 0.4) is 0 Å². The maximum Gasteiger partial charge on any atom is 0.339 e. The van der Waals surface area contributed by atoms with Crippen molar-refractivity contribution >= 4 is 11.9 Å². The summed E-state index contributed by atoms with van der Waals surface area (Å²) < 4.78 is 23.5. The minimum Gasteiger partial charge on any atom is -0.483 e. The maximum atomic E-state index is 13.0. The van der Waals surface area contributed by atoms with Gasteiger partial charge in [-0.2, -0.15) is 0 Å². The van der Waals surface area contributed by atoms with Gasteiger partial charge >= 0.3 is 5.97 Å². The van der Waals surface area contributed by atoms with Crippen LogP contribution in [0, 0.1) is 5.82 Å². The molecule has 1 saturated heterocycles. The molecule has 1 aliphatic heterocycles. The Morgan fingerprint density at radius 1 is 1.48 bits per heavy atom. The van der Waals surface area contributed by atoms with E-state index < -0.39 is 11.8 Å². The minimum atomic E-state index is -1.32. The fourth-order valence-corrected chi connectivity index (χ4v) is 2.02. The predicted molar refractivity (Wildman–Crippen MR) is 70.8 cm³/mol. The van der Waals surface area contributed by atoms with Crippen LogP contribution in [0.15, 0.2) is 18.2 Å². The first-order valence-corrected chi connectivity index (χ1v) is 6.60. The number of carbonyl (C=O) groups is 2. The molecule has 6 nitrogen and oxygen atoms in total. The third kappa shape index (κ3) is 4.42. The molecule has 1 atom stereocenters. The molecule has 1 amide bonds. The molecule has 1 aromatic rings. The van der Waals surface area contributed by atoms with Crippen molar-refractivity contribution in [2.45, 2.75) is 18.9 Å². The van der Waals surface area contributed by atoms with Gasteiger partial charge in [0.25, 0.3) is 5.91 Å². The lowest BCUT2D eigenvalue weighted by atomic mass is 10.2. The minimum absolute atomic E-state index is 0.0225. The molecular formula is C14H16FNO5. The first-order valence-electron chi connectivity index (χ1n) is 6.60. The number of halogens is 1. The Kier molecular flexibility index (Phi) is 5.10. The van der Waals surface area contributed by atoms with Crippen molar-refractivity contribution in [1.82, 2.24) is 5.32 Å². The molecule has 2 N–H and O–H groups in total. The van der Waals surface area contributed by atoms with Gasteiger partial charge in [0.2, 0.25) is 0 Å².